The molecule has 0 aliphatic carbocycles. The molecule has 2 aromatic carbocycles. The zero-order chi connectivity index (χ0) is 21.9. The fourth-order valence-corrected chi connectivity index (χ4v) is 2.87. The largest absolute Gasteiger partial charge is 0.493 e. The van der Waals surface area contributed by atoms with Crippen LogP contribution in [0.25, 0.3) is 0 Å². The summed E-state index contributed by atoms with van der Waals surface area (Å²) in [6, 6.07) is 13.8. The van der Waals surface area contributed by atoms with E-state index in [1.54, 1.807) is 49.4 Å². The van der Waals surface area contributed by atoms with Gasteiger partial charge in [-0.1, -0.05) is 29.7 Å². The summed E-state index contributed by atoms with van der Waals surface area (Å²) in [5.41, 5.74) is 1.17. The number of carboxylic acid groups (broad SMARTS) is 1. The van der Waals surface area contributed by atoms with Crippen LogP contribution in [0.1, 0.15) is 30.4 Å². The Balaban J connectivity index is 1.91. The lowest BCUT2D eigenvalue weighted by atomic mass is 9.96. The predicted octanol–water partition coefficient (Wildman–Crippen LogP) is 3.86. The van der Waals surface area contributed by atoms with Crippen molar-refractivity contribution in [2.24, 2.45) is 5.92 Å². The third-order valence-corrected chi connectivity index (χ3v) is 4.58. The number of hydrogen-bond donors (Lipinski definition) is 2. The highest BCUT2D eigenvalue weighted by molar-refractivity contribution is 6.31. The van der Waals surface area contributed by atoms with Crippen molar-refractivity contribution in [3.05, 3.63) is 58.6 Å². The first-order valence-corrected chi connectivity index (χ1v) is 9.64. The van der Waals surface area contributed by atoms with Gasteiger partial charge in [0.1, 0.15) is 17.6 Å². The van der Waals surface area contributed by atoms with E-state index in [0.29, 0.717) is 22.1 Å². The third kappa shape index (κ3) is 7.00. The van der Waals surface area contributed by atoms with Gasteiger partial charge in [-0.25, -0.2) is 0 Å². The number of hydrogen-bond acceptors (Lipinski definition) is 5. The highest BCUT2D eigenvalue weighted by Crippen LogP contribution is 2.24. The SMILES string of the molecule is CC#CC(CC(=O)O)c1ccc(OCC(CO)COc2ccc(C#N)c(Cl)c2)cc1. The fourth-order valence-electron chi connectivity index (χ4n) is 2.66. The van der Waals surface area contributed by atoms with Crippen molar-refractivity contribution in [2.75, 3.05) is 19.8 Å². The Hall–Kier alpha value is -3.19. The summed E-state index contributed by atoms with van der Waals surface area (Å²) in [6.45, 7) is 1.99. The molecule has 0 saturated heterocycles. The van der Waals surface area contributed by atoms with Gasteiger partial charge in [0.15, 0.2) is 0 Å². The second-order valence-corrected chi connectivity index (χ2v) is 6.95. The Morgan fingerprint density at radius 1 is 1.13 bits per heavy atom. The van der Waals surface area contributed by atoms with Crippen molar-refractivity contribution in [1.82, 2.24) is 0 Å². The molecule has 2 atom stereocenters. The molecule has 0 bridgehead atoms. The van der Waals surface area contributed by atoms with E-state index in [2.05, 4.69) is 11.8 Å². The highest BCUT2D eigenvalue weighted by atomic mass is 35.5. The summed E-state index contributed by atoms with van der Waals surface area (Å²) in [4.78, 5) is 11.0. The van der Waals surface area contributed by atoms with E-state index in [1.807, 2.05) is 6.07 Å². The Morgan fingerprint density at radius 3 is 2.30 bits per heavy atom. The number of aliphatic carboxylic acids is 1. The summed E-state index contributed by atoms with van der Waals surface area (Å²) in [7, 11) is 0. The van der Waals surface area contributed by atoms with E-state index >= 15 is 0 Å². The minimum atomic E-state index is -0.905. The smallest absolute Gasteiger partial charge is 0.304 e. The molecule has 0 aliphatic rings. The number of ether oxygens (including phenoxy) is 2. The van der Waals surface area contributed by atoms with Gasteiger partial charge >= 0.3 is 5.97 Å². The molecule has 0 heterocycles. The normalized spacial score (nSPS) is 12.1. The van der Waals surface area contributed by atoms with Gasteiger partial charge < -0.3 is 19.7 Å². The maximum atomic E-state index is 11.0. The van der Waals surface area contributed by atoms with Gasteiger partial charge in [-0.2, -0.15) is 5.26 Å². The van der Waals surface area contributed by atoms with Crippen LogP contribution in [0.4, 0.5) is 0 Å². The van der Waals surface area contributed by atoms with E-state index in [0.717, 1.165) is 5.56 Å². The van der Waals surface area contributed by atoms with Crippen LogP contribution in [-0.2, 0) is 4.79 Å². The summed E-state index contributed by atoms with van der Waals surface area (Å²) >= 11 is 5.98. The summed E-state index contributed by atoms with van der Waals surface area (Å²) in [5.74, 6) is 5.21. The third-order valence-electron chi connectivity index (χ3n) is 4.27. The molecule has 0 radical (unpaired) electrons. The average molecular weight is 428 g/mol. The van der Waals surface area contributed by atoms with Crippen molar-refractivity contribution in [3.8, 4) is 29.4 Å². The number of benzene rings is 2. The van der Waals surface area contributed by atoms with Crippen LogP contribution in [0, 0.1) is 29.1 Å². The second kappa shape index (κ2) is 11.7. The quantitative estimate of drug-likeness (QED) is 0.558. The lowest BCUT2D eigenvalue weighted by Crippen LogP contribution is -2.23. The first-order chi connectivity index (χ1) is 14.5. The predicted molar refractivity (Wildman–Crippen MR) is 113 cm³/mol. The summed E-state index contributed by atoms with van der Waals surface area (Å²) in [5, 5.41) is 27.8. The molecule has 2 unspecified atom stereocenters. The standard InChI is InChI=1S/C23H22ClNO5/c1-2-3-18(10-23(27)28)17-4-7-20(8-5-17)29-14-16(13-26)15-30-21-9-6-19(12-25)22(24)11-21/h4-9,11,16,18,26H,10,13-15H2,1H3,(H,27,28). The topological polar surface area (TPSA) is 99.8 Å². The molecule has 2 N–H and O–H groups in total. The molecule has 2 rings (SSSR count). The van der Waals surface area contributed by atoms with Gasteiger partial charge in [0.2, 0.25) is 0 Å². The molecule has 0 aliphatic heterocycles. The molecule has 0 saturated carbocycles. The first-order valence-electron chi connectivity index (χ1n) is 9.27. The lowest BCUT2D eigenvalue weighted by Gasteiger charge is -2.17. The molecule has 0 aromatic heterocycles. The van der Waals surface area contributed by atoms with Crippen LogP contribution >= 0.6 is 11.6 Å². The molecule has 0 spiro atoms. The zero-order valence-corrected chi connectivity index (χ0v) is 17.2. The molecular formula is C23H22ClNO5. The van der Waals surface area contributed by atoms with Crippen molar-refractivity contribution < 1.29 is 24.5 Å². The van der Waals surface area contributed by atoms with Crippen molar-refractivity contribution in [3.63, 3.8) is 0 Å². The van der Waals surface area contributed by atoms with Crippen LogP contribution in [0.3, 0.4) is 0 Å². The Labute approximate surface area is 180 Å². The van der Waals surface area contributed by atoms with Crippen LogP contribution < -0.4 is 9.47 Å². The van der Waals surface area contributed by atoms with Gasteiger partial charge in [0, 0.05) is 6.07 Å². The maximum Gasteiger partial charge on any atom is 0.304 e. The molecule has 0 fully saturated rings. The number of aliphatic hydroxyl groups excluding tert-OH is 1. The second-order valence-electron chi connectivity index (χ2n) is 6.54. The summed E-state index contributed by atoms with van der Waals surface area (Å²) in [6.07, 6.45) is -0.0651. The van der Waals surface area contributed by atoms with Crippen molar-refractivity contribution in [2.45, 2.75) is 19.3 Å². The van der Waals surface area contributed by atoms with E-state index in [4.69, 9.17) is 31.4 Å². The highest BCUT2D eigenvalue weighted by Gasteiger charge is 2.14. The molecular weight excluding hydrogens is 406 g/mol. The van der Waals surface area contributed by atoms with Crippen LogP contribution in [-0.4, -0.2) is 36.0 Å². The Bertz CT molecular complexity index is 956. The van der Waals surface area contributed by atoms with Crippen LogP contribution in [0.2, 0.25) is 5.02 Å². The monoisotopic (exact) mass is 427 g/mol. The fraction of sp³-hybridized carbons (Fsp3) is 0.304. The number of nitriles is 1. The molecule has 0 amide bonds. The van der Waals surface area contributed by atoms with E-state index in [1.165, 1.54) is 0 Å². The van der Waals surface area contributed by atoms with Crippen LogP contribution in [0.5, 0.6) is 11.5 Å². The van der Waals surface area contributed by atoms with E-state index in [-0.39, 0.29) is 38.1 Å². The Kier molecular flexibility index (Phi) is 9.03. The Morgan fingerprint density at radius 2 is 1.77 bits per heavy atom. The molecule has 7 heteroatoms. The van der Waals surface area contributed by atoms with E-state index < -0.39 is 5.97 Å². The minimum absolute atomic E-state index is 0.0651. The molecule has 30 heavy (non-hydrogen) atoms. The number of aliphatic hydroxyl groups is 1. The zero-order valence-electron chi connectivity index (χ0n) is 16.5. The van der Waals surface area contributed by atoms with E-state index in [9.17, 15) is 9.90 Å². The maximum absolute atomic E-state index is 11.0. The van der Waals surface area contributed by atoms with Crippen LogP contribution in [0.15, 0.2) is 42.5 Å². The van der Waals surface area contributed by atoms with Crippen molar-refractivity contribution in [1.29, 1.82) is 5.26 Å². The molecule has 2 aromatic rings. The summed E-state index contributed by atoms with van der Waals surface area (Å²) < 4.78 is 11.4. The first kappa shape index (κ1) is 23.1. The number of halogens is 1. The lowest BCUT2D eigenvalue weighted by molar-refractivity contribution is -0.137. The molecule has 6 nitrogen and oxygen atoms in total. The number of carbonyl (C=O) groups is 1. The number of rotatable bonds is 10. The van der Waals surface area contributed by atoms with Crippen molar-refractivity contribution >= 4 is 17.6 Å². The molecule has 156 valence electrons. The number of nitrogens with zero attached hydrogens (tertiary/aromatic N) is 1. The van der Waals surface area contributed by atoms with Gasteiger partial charge in [-0.3, -0.25) is 4.79 Å². The van der Waals surface area contributed by atoms with Gasteiger partial charge in [-0.15, -0.1) is 5.92 Å². The number of carboxylic acids is 1. The minimum Gasteiger partial charge on any atom is -0.493 e. The average Bonchev–Trinajstić information content (AvgIpc) is 2.74. The van der Waals surface area contributed by atoms with Gasteiger partial charge in [0.05, 0.1) is 48.7 Å². The van der Waals surface area contributed by atoms with Gasteiger partial charge in [-0.05, 0) is 36.8 Å². The van der Waals surface area contributed by atoms with Gasteiger partial charge in [0.25, 0.3) is 0 Å².